The molecule has 1 aliphatic carbocycles. The van der Waals surface area contributed by atoms with E-state index in [0.29, 0.717) is 42.2 Å². The summed E-state index contributed by atoms with van der Waals surface area (Å²) >= 11 is 2.87. The Morgan fingerprint density at radius 1 is 1.08 bits per heavy atom. The molecule has 2 aromatic heterocycles. The third-order valence-electron chi connectivity index (χ3n) is 6.23. The number of aliphatic hydroxyl groups is 1. The van der Waals surface area contributed by atoms with Gasteiger partial charge in [-0.15, -0.1) is 35.1 Å². The summed E-state index contributed by atoms with van der Waals surface area (Å²) in [5.41, 5.74) is 11.3. The summed E-state index contributed by atoms with van der Waals surface area (Å²) in [6.07, 6.45) is 2.07. The van der Waals surface area contributed by atoms with Gasteiger partial charge in [0, 0.05) is 28.2 Å². The van der Waals surface area contributed by atoms with Crippen molar-refractivity contribution in [2.45, 2.75) is 31.8 Å². The second kappa shape index (κ2) is 11.3. The van der Waals surface area contributed by atoms with Crippen molar-refractivity contribution >= 4 is 73.6 Å². The summed E-state index contributed by atoms with van der Waals surface area (Å²) in [5.74, 6) is -0.593. The van der Waals surface area contributed by atoms with Crippen molar-refractivity contribution in [1.82, 2.24) is 9.97 Å². The van der Waals surface area contributed by atoms with E-state index in [0.717, 1.165) is 21.5 Å². The third-order valence-corrected chi connectivity index (χ3v) is 7.69. The largest absolute Gasteiger partial charge is 0.393 e. The number of nitrogens with two attached hydrogens (primary N) is 1. The number of halogens is 1. The molecule has 0 atom stereocenters. The number of hydrogen-bond donors (Lipinski definition) is 3. The molecule has 8 nitrogen and oxygen atoms in total. The SMILES string of the molecule is Cl.Nc1nc(-c2ccc(NC(=O)CN(C(=O)C3CCC(O)CC3)c3ccc4ncsc4c3)cc2)cs1. The number of anilines is 3. The van der Waals surface area contributed by atoms with Gasteiger partial charge in [0.2, 0.25) is 11.8 Å². The van der Waals surface area contributed by atoms with Crippen LogP contribution in [-0.2, 0) is 9.59 Å². The van der Waals surface area contributed by atoms with Crippen LogP contribution in [0, 0.1) is 5.92 Å². The van der Waals surface area contributed by atoms with E-state index in [1.54, 1.807) is 22.5 Å². The van der Waals surface area contributed by atoms with Crippen LogP contribution in [0.15, 0.2) is 53.4 Å². The Labute approximate surface area is 222 Å². The van der Waals surface area contributed by atoms with Gasteiger partial charge < -0.3 is 21.1 Å². The molecule has 2 amide bonds. The molecule has 4 aromatic rings. The van der Waals surface area contributed by atoms with Crippen LogP contribution in [0.2, 0.25) is 0 Å². The number of aromatic nitrogens is 2. The molecule has 2 aromatic carbocycles. The Balaban J connectivity index is 0.00000304. The van der Waals surface area contributed by atoms with Crippen LogP contribution in [0.5, 0.6) is 0 Å². The fourth-order valence-corrected chi connectivity index (χ4v) is 5.62. The minimum Gasteiger partial charge on any atom is -0.393 e. The fraction of sp³-hybridized carbons (Fsp3) is 0.280. The number of carbonyl (C=O) groups excluding carboxylic acids is 2. The monoisotopic (exact) mass is 543 g/mol. The van der Waals surface area contributed by atoms with Gasteiger partial charge >= 0.3 is 0 Å². The molecule has 1 aliphatic rings. The number of nitrogens with zero attached hydrogens (tertiary/aromatic N) is 3. The number of thiazole rings is 2. The Morgan fingerprint density at radius 3 is 2.53 bits per heavy atom. The molecule has 0 spiro atoms. The van der Waals surface area contributed by atoms with Crippen LogP contribution in [0.25, 0.3) is 21.5 Å². The first-order chi connectivity index (χ1) is 17.0. The Hall–Kier alpha value is -3.05. The predicted molar refractivity (Wildman–Crippen MR) is 148 cm³/mol. The summed E-state index contributed by atoms with van der Waals surface area (Å²) in [6, 6.07) is 13.0. The first-order valence-electron chi connectivity index (χ1n) is 11.4. The summed E-state index contributed by atoms with van der Waals surface area (Å²) in [5, 5.41) is 15.1. The van der Waals surface area contributed by atoms with E-state index >= 15 is 0 Å². The fourth-order valence-electron chi connectivity index (χ4n) is 4.34. The van der Waals surface area contributed by atoms with E-state index < -0.39 is 0 Å². The van der Waals surface area contributed by atoms with Gasteiger partial charge in [0.1, 0.15) is 6.54 Å². The van der Waals surface area contributed by atoms with E-state index in [-0.39, 0.29) is 42.8 Å². The van der Waals surface area contributed by atoms with E-state index in [2.05, 4.69) is 15.3 Å². The molecule has 0 unspecified atom stereocenters. The highest BCUT2D eigenvalue weighted by Crippen LogP contribution is 2.30. The van der Waals surface area contributed by atoms with Crippen LogP contribution >= 0.6 is 35.1 Å². The van der Waals surface area contributed by atoms with Gasteiger partial charge in [-0.1, -0.05) is 12.1 Å². The van der Waals surface area contributed by atoms with Crippen molar-refractivity contribution in [3.8, 4) is 11.3 Å². The van der Waals surface area contributed by atoms with Crippen LogP contribution in [0.4, 0.5) is 16.5 Å². The smallest absolute Gasteiger partial charge is 0.244 e. The molecular weight excluding hydrogens is 518 g/mol. The lowest BCUT2D eigenvalue weighted by Crippen LogP contribution is -2.42. The van der Waals surface area contributed by atoms with E-state index in [1.165, 1.54) is 22.7 Å². The Morgan fingerprint density at radius 2 is 1.83 bits per heavy atom. The van der Waals surface area contributed by atoms with Gasteiger partial charge in [-0.3, -0.25) is 9.59 Å². The van der Waals surface area contributed by atoms with Gasteiger partial charge in [-0.05, 0) is 56.0 Å². The lowest BCUT2D eigenvalue weighted by atomic mass is 9.86. The van der Waals surface area contributed by atoms with Gasteiger partial charge in [0.25, 0.3) is 0 Å². The van der Waals surface area contributed by atoms with E-state index in [1.807, 2.05) is 35.7 Å². The van der Waals surface area contributed by atoms with Crippen LogP contribution in [-0.4, -0.2) is 39.5 Å². The summed E-state index contributed by atoms with van der Waals surface area (Å²) in [7, 11) is 0. The number of nitrogen functional groups attached to an aromatic ring is 1. The minimum atomic E-state index is -0.354. The van der Waals surface area contributed by atoms with Crippen molar-refractivity contribution in [3.63, 3.8) is 0 Å². The average molecular weight is 544 g/mol. The summed E-state index contributed by atoms with van der Waals surface area (Å²) in [6.45, 7) is -0.105. The second-order valence-electron chi connectivity index (χ2n) is 8.63. The number of rotatable bonds is 6. The molecule has 5 rings (SSSR count). The van der Waals surface area contributed by atoms with Crippen LogP contribution in [0.3, 0.4) is 0 Å². The average Bonchev–Trinajstić information content (AvgIpc) is 3.51. The maximum absolute atomic E-state index is 13.5. The highest BCUT2D eigenvalue weighted by atomic mass is 35.5. The van der Waals surface area contributed by atoms with Gasteiger partial charge in [0.05, 0.1) is 27.5 Å². The van der Waals surface area contributed by atoms with Crippen LogP contribution < -0.4 is 16.0 Å². The molecule has 4 N–H and O–H groups in total. The highest BCUT2D eigenvalue weighted by Gasteiger charge is 2.31. The van der Waals surface area contributed by atoms with E-state index in [9.17, 15) is 14.7 Å². The maximum Gasteiger partial charge on any atom is 0.244 e. The third kappa shape index (κ3) is 5.84. The highest BCUT2D eigenvalue weighted by molar-refractivity contribution is 7.16. The zero-order chi connectivity index (χ0) is 24.4. The van der Waals surface area contributed by atoms with Crippen molar-refractivity contribution < 1.29 is 14.7 Å². The zero-order valence-corrected chi connectivity index (χ0v) is 21.7. The number of benzene rings is 2. The van der Waals surface area contributed by atoms with Crippen LogP contribution in [0.1, 0.15) is 25.7 Å². The van der Waals surface area contributed by atoms with Gasteiger partial charge in [-0.2, -0.15) is 0 Å². The molecule has 2 heterocycles. The topological polar surface area (TPSA) is 121 Å². The van der Waals surface area contributed by atoms with Crippen molar-refractivity contribution in [2.75, 3.05) is 22.5 Å². The number of amides is 2. The number of fused-ring (bicyclic) bond motifs is 1. The molecular formula is C25H26ClN5O3S2. The molecule has 0 saturated heterocycles. The molecule has 1 saturated carbocycles. The lowest BCUT2D eigenvalue weighted by Gasteiger charge is -2.30. The van der Waals surface area contributed by atoms with E-state index in [4.69, 9.17) is 5.73 Å². The minimum absolute atomic E-state index is 0. The molecule has 36 heavy (non-hydrogen) atoms. The number of carbonyl (C=O) groups is 2. The molecule has 11 heteroatoms. The molecule has 1 fully saturated rings. The molecule has 0 radical (unpaired) electrons. The molecule has 0 bridgehead atoms. The van der Waals surface area contributed by atoms with Gasteiger partial charge in [0.15, 0.2) is 5.13 Å². The lowest BCUT2D eigenvalue weighted by molar-refractivity contribution is -0.125. The first-order valence-corrected chi connectivity index (χ1v) is 13.2. The molecule has 188 valence electrons. The molecule has 0 aliphatic heterocycles. The summed E-state index contributed by atoms with van der Waals surface area (Å²) in [4.78, 5) is 36.7. The maximum atomic E-state index is 13.5. The predicted octanol–water partition coefficient (Wildman–Crippen LogP) is 4.95. The number of hydrogen-bond acceptors (Lipinski definition) is 8. The van der Waals surface area contributed by atoms with Gasteiger partial charge in [-0.25, -0.2) is 9.97 Å². The van der Waals surface area contributed by atoms with Crippen molar-refractivity contribution in [3.05, 3.63) is 53.4 Å². The normalized spacial score (nSPS) is 17.4. The number of aliphatic hydroxyl groups excluding tert-OH is 1. The standard InChI is InChI=1S/C25H25N5O3S2.ClH/c26-25-29-21(13-34-25)15-1-5-17(6-2-15)28-23(32)12-30(24(33)16-3-8-19(31)9-4-16)18-7-10-20-22(11-18)35-14-27-20;/h1-2,5-7,10-11,13-14,16,19,31H,3-4,8-9,12H2,(H2,26,29)(H,28,32);1H. The first kappa shape index (κ1) is 26.0. The van der Waals surface area contributed by atoms with Crippen molar-refractivity contribution in [2.24, 2.45) is 5.92 Å². The van der Waals surface area contributed by atoms with Crippen molar-refractivity contribution in [1.29, 1.82) is 0 Å². The Bertz CT molecular complexity index is 1350. The second-order valence-corrected chi connectivity index (χ2v) is 10.4. The Kier molecular flexibility index (Phi) is 8.20. The summed E-state index contributed by atoms with van der Waals surface area (Å²) < 4.78 is 0.957. The zero-order valence-electron chi connectivity index (χ0n) is 19.3. The number of nitrogens with one attached hydrogen (secondary N) is 1. The quantitative estimate of drug-likeness (QED) is 0.316.